The number of amides is 1. The van der Waals surface area contributed by atoms with Crippen LogP contribution < -0.4 is 28.6 Å². The van der Waals surface area contributed by atoms with Crippen LogP contribution in [0.1, 0.15) is 0 Å². The van der Waals surface area contributed by atoms with Crippen LogP contribution in [0.2, 0.25) is 0 Å². The Morgan fingerprint density at radius 1 is 0.857 bits per heavy atom. The van der Waals surface area contributed by atoms with Gasteiger partial charge in [-0.3, -0.25) is 9.10 Å². The molecule has 0 fully saturated rings. The Morgan fingerprint density at radius 3 is 2.14 bits per heavy atom. The van der Waals surface area contributed by atoms with Crippen LogP contribution in [0.25, 0.3) is 0 Å². The van der Waals surface area contributed by atoms with Crippen LogP contribution in [0.5, 0.6) is 23.0 Å². The predicted octanol–water partition coefficient (Wildman–Crippen LogP) is 3.69. The van der Waals surface area contributed by atoms with Gasteiger partial charge in [-0.2, -0.15) is 0 Å². The van der Waals surface area contributed by atoms with Crippen LogP contribution >= 0.6 is 0 Å². The van der Waals surface area contributed by atoms with E-state index >= 15 is 0 Å². The minimum Gasteiger partial charge on any atom is -0.497 e. The fourth-order valence-corrected chi connectivity index (χ4v) is 4.73. The maximum absolute atomic E-state index is 14.7. The Balaban J connectivity index is 2.02. The standard InChI is InChI=1S/C24H25FN2O7S/c1-31-16-9-11-21(32-2)19(13-16)26-24(28)15-27(20-8-6-5-7-18(20)25)35(29,30)17-10-12-22(33-3)23(14-17)34-4/h5-14H,15H2,1-4H3,(H,26,28). The highest BCUT2D eigenvalue weighted by Gasteiger charge is 2.30. The Hall–Kier alpha value is -3.99. The van der Waals surface area contributed by atoms with E-state index < -0.39 is 28.3 Å². The number of sulfonamides is 1. The number of methoxy groups -OCH3 is 4. The fourth-order valence-electron chi connectivity index (χ4n) is 3.29. The number of anilines is 2. The quantitative estimate of drug-likeness (QED) is 0.449. The summed E-state index contributed by atoms with van der Waals surface area (Å²) in [4.78, 5) is 12.8. The zero-order valence-corrected chi connectivity index (χ0v) is 20.4. The number of para-hydroxylation sites is 1. The molecule has 0 aromatic heterocycles. The van der Waals surface area contributed by atoms with Gasteiger partial charge >= 0.3 is 0 Å². The third kappa shape index (κ3) is 5.57. The molecule has 0 spiro atoms. The van der Waals surface area contributed by atoms with Crippen LogP contribution in [0.15, 0.2) is 65.6 Å². The van der Waals surface area contributed by atoms with E-state index in [2.05, 4.69) is 5.32 Å². The lowest BCUT2D eigenvalue weighted by Gasteiger charge is -2.25. The molecule has 1 amide bonds. The molecule has 0 unspecified atom stereocenters. The summed E-state index contributed by atoms with van der Waals surface area (Å²) < 4.78 is 63.4. The Morgan fingerprint density at radius 2 is 1.51 bits per heavy atom. The van der Waals surface area contributed by atoms with E-state index in [0.717, 1.165) is 6.07 Å². The second-order valence-electron chi connectivity index (χ2n) is 7.09. The summed E-state index contributed by atoms with van der Waals surface area (Å²) in [6.07, 6.45) is 0. The van der Waals surface area contributed by atoms with Gasteiger partial charge in [0.1, 0.15) is 23.9 Å². The third-order valence-corrected chi connectivity index (χ3v) is 6.79. The number of ether oxygens (including phenoxy) is 4. The van der Waals surface area contributed by atoms with Crippen molar-refractivity contribution in [2.75, 3.05) is 44.6 Å². The van der Waals surface area contributed by atoms with Gasteiger partial charge in [-0.15, -0.1) is 0 Å². The number of benzene rings is 3. The first-order valence-electron chi connectivity index (χ1n) is 10.3. The van der Waals surface area contributed by atoms with E-state index in [-0.39, 0.29) is 22.0 Å². The summed E-state index contributed by atoms with van der Waals surface area (Å²) in [6.45, 7) is -0.724. The SMILES string of the molecule is COc1ccc(OC)c(NC(=O)CN(c2ccccc2F)S(=O)(=O)c2ccc(OC)c(OC)c2)c1. The van der Waals surface area contributed by atoms with E-state index in [9.17, 15) is 17.6 Å². The summed E-state index contributed by atoms with van der Waals surface area (Å²) in [6, 6.07) is 13.9. The highest BCUT2D eigenvalue weighted by Crippen LogP contribution is 2.33. The average molecular weight is 505 g/mol. The zero-order valence-electron chi connectivity index (χ0n) is 19.6. The number of nitrogens with zero attached hydrogens (tertiary/aromatic N) is 1. The van der Waals surface area contributed by atoms with Gasteiger partial charge in [-0.25, -0.2) is 12.8 Å². The van der Waals surface area contributed by atoms with Crippen molar-refractivity contribution < 1.29 is 36.6 Å². The molecule has 3 aromatic rings. The topological polar surface area (TPSA) is 103 Å². The molecule has 0 heterocycles. The molecule has 0 radical (unpaired) electrons. The van der Waals surface area contributed by atoms with E-state index in [4.69, 9.17) is 18.9 Å². The first-order chi connectivity index (χ1) is 16.7. The fraction of sp³-hybridized carbons (Fsp3) is 0.208. The third-order valence-electron chi connectivity index (χ3n) is 5.03. The molecule has 35 heavy (non-hydrogen) atoms. The van der Waals surface area contributed by atoms with Gasteiger partial charge in [-0.1, -0.05) is 12.1 Å². The number of halogens is 1. The van der Waals surface area contributed by atoms with Gasteiger partial charge in [-0.05, 0) is 36.4 Å². The molecule has 0 saturated heterocycles. The lowest BCUT2D eigenvalue weighted by atomic mass is 10.2. The monoisotopic (exact) mass is 504 g/mol. The second-order valence-corrected chi connectivity index (χ2v) is 8.96. The molecule has 0 atom stereocenters. The molecule has 1 N–H and O–H groups in total. The molecule has 0 bridgehead atoms. The second kappa shape index (κ2) is 11.0. The Labute approximate surface area is 203 Å². The molecule has 11 heteroatoms. The molecule has 0 saturated carbocycles. The minimum absolute atomic E-state index is 0.160. The summed E-state index contributed by atoms with van der Waals surface area (Å²) >= 11 is 0. The summed E-state index contributed by atoms with van der Waals surface area (Å²) in [5, 5.41) is 2.60. The summed E-state index contributed by atoms with van der Waals surface area (Å²) in [5.41, 5.74) is -0.0381. The van der Waals surface area contributed by atoms with Gasteiger partial charge in [0.2, 0.25) is 5.91 Å². The van der Waals surface area contributed by atoms with Crippen molar-refractivity contribution in [3.63, 3.8) is 0 Å². The highest BCUT2D eigenvalue weighted by molar-refractivity contribution is 7.92. The van der Waals surface area contributed by atoms with Gasteiger partial charge in [0.25, 0.3) is 10.0 Å². The Kier molecular flexibility index (Phi) is 8.02. The van der Waals surface area contributed by atoms with E-state index in [1.54, 1.807) is 12.1 Å². The number of rotatable bonds is 10. The molecule has 3 aromatic carbocycles. The summed E-state index contributed by atoms with van der Waals surface area (Å²) in [7, 11) is 1.24. The van der Waals surface area contributed by atoms with Gasteiger partial charge in [0.05, 0.1) is 44.7 Å². The largest absolute Gasteiger partial charge is 0.497 e. The minimum atomic E-state index is -4.41. The van der Waals surface area contributed by atoms with Gasteiger partial charge < -0.3 is 24.3 Å². The first-order valence-corrected chi connectivity index (χ1v) is 11.7. The normalized spacial score (nSPS) is 10.9. The molecule has 9 nitrogen and oxygen atoms in total. The smallest absolute Gasteiger partial charge is 0.265 e. The maximum Gasteiger partial charge on any atom is 0.265 e. The van der Waals surface area contributed by atoms with E-state index in [1.165, 1.54) is 70.9 Å². The number of hydrogen-bond donors (Lipinski definition) is 1. The number of nitrogens with one attached hydrogen (secondary N) is 1. The van der Waals surface area contributed by atoms with Crippen molar-refractivity contribution in [1.29, 1.82) is 0 Å². The molecule has 0 aliphatic rings. The van der Waals surface area contributed by atoms with Crippen molar-refractivity contribution >= 4 is 27.3 Å². The lowest BCUT2D eigenvalue weighted by molar-refractivity contribution is -0.114. The van der Waals surface area contributed by atoms with Crippen LogP contribution in [-0.4, -0.2) is 49.3 Å². The van der Waals surface area contributed by atoms with Crippen molar-refractivity contribution in [2.45, 2.75) is 4.90 Å². The van der Waals surface area contributed by atoms with Gasteiger partial charge in [0, 0.05) is 12.1 Å². The van der Waals surface area contributed by atoms with Crippen molar-refractivity contribution in [1.82, 2.24) is 0 Å². The van der Waals surface area contributed by atoms with Crippen LogP contribution in [0.4, 0.5) is 15.8 Å². The lowest BCUT2D eigenvalue weighted by Crippen LogP contribution is -2.38. The van der Waals surface area contributed by atoms with Crippen molar-refractivity contribution in [2.24, 2.45) is 0 Å². The molecular weight excluding hydrogens is 479 g/mol. The molecule has 3 rings (SSSR count). The number of carbonyl (C=O) groups excluding carboxylic acids is 1. The van der Waals surface area contributed by atoms with Crippen LogP contribution in [0.3, 0.4) is 0 Å². The van der Waals surface area contributed by atoms with Gasteiger partial charge in [0.15, 0.2) is 11.5 Å². The van der Waals surface area contributed by atoms with E-state index in [1.807, 2.05) is 0 Å². The zero-order chi connectivity index (χ0) is 25.6. The average Bonchev–Trinajstić information content (AvgIpc) is 2.87. The van der Waals surface area contributed by atoms with Crippen LogP contribution in [0, 0.1) is 5.82 Å². The number of carbonyl (C=O) groups is 1. The summed E-state index contributed by atoms with van der Waals surface area (Å²) in [5.74, 6) is -0.295. The maximum atomic E-state index is 14.7. The van der Waals surface area contributed by atoms with E-state index in [0.29, 0.717) is 21.6 Å². The van der Waals surface area contributed by atoms with Crippen LogP contribution in [-0.2, 0) is 14.8 Å². The molecule has 0 aliphatic heterocycles. The predicted molar refractivity (Wildman–Crippen MR) is 129 cm³/mol. The molecule has 186 valence electrons. The molecule has 0 aliphatic carbocycles. The Bertz CT molecular complexity index is 1310. The molecular formula is C24H25FN2O7S. The number of hydrogen-bond acceptors (Lipinski definition) is 7. The highest BCUT2D eigenvalue weighted by atomic mass is 32.2. The first kappa shape index (κ1) is 25.6. The van der Waals surface area contributed by atoms with Crippen molar-refractivity contribution in [3.8, 4) is 23.0 Å². The van der Waals surface area contributed by atoms with Crippen molar-refractivity contribution in [3.05, 3.63) is 66.5 Å².